The molecule has 1 saturated heterocycles. The number of aliphatic hydroxyl groups is 1. The number of rotatable bonds is 31. The van der Waals surface area contributed by atoms with E-state index in [1.54, 1.807) is 90.1 Å². The highest BCUT2D eigenvalue weighted by Gasteiger charge is 2.44. The fraction of sp³-hybridized carbons (Fsp3) is 0.525. The van der Waals surface area contributed by atoms with Crippen molar-refractivity contribution in [2.24, 2.45) is 46.8 Å². The standard InChI is InChI=1S/C99H138N20O26S/c1-12-52(8)82-98(143)119(11)53(9)84(129)106-65(37-49(2)3)85(130)110-71(43-76(102)123)88(133)108-67(38-55-21-15-13-16-22-55)91(136)116-81(51(6)7)96(141)118-83(54(10)120)97(142)114-74(94(139)112-72(44-78(125)126)89(134)105-64(35-36-100)99(144)145)47-146-48-77(124)104-70(42-75(101)122)87(132)107-66(40-57-29-33-61(121)34-30-57)86(131)111-73(45-79(127)128)90(135)109-69(41-60-46-103-63-26-20-19-25-62(60)63)93(138)115-80(50(4)5)95(140)113-68(92(137)117-82)39-56-27-31-59(32-28-56)58-23-17-14-18-24-58/h14,17-20,23-34,46,49-55,64-74,80-83,103,120-121H,12-13,15-16,21-22,35-45,47-48,100H2,1-11H3,(H2,101,122)(H2,102,123)(H,104,124)(H,105,134)(H,106,129)(H,107,132)(H,108,133)(H,109,135)(H,110,130)(H,111,131)(H,112,139)(H,113,140)(H,114,142)(H,115,138)(H,116,136)(H,117,137)(H,118,141)(H,125,126)(H,127,128)(H,144,145)/t52?,53-,54?,64-,65+,66-,67-,68-,69-,70-,71-,72-,73-,74-,80-,81-,82-,83-/m0/s1. The molecule has 27 N–H and O–H groups in total. The summed E-state index contributed by atoms with van der Waals surface area (Å²) in [6, 6.07) is -0.939. The summed E-state index contributed by atoms with van der Waals surface area (Å²) in [6.07, 6.45) is -3.20. The number of carbonyl (C=O) groups is 21. The number of nitrogens with one attached hydrogen (secondary N) is 16. The lowest BCUT2D eigenvalue weighted by Gasteiger charge is -2.33. The molecule has 0 radical (unpaired) electrons. The number of aromatic hydroxyl groups is 1. The van der Waals surface area contributed by atoms with Crippen molar-refractivity contribution < 1.29 is 126 Å². The topological polar surface area (TPSA) is 737 Å². The lowest BCUT2D eigenvalue weighted by Crippen LogP contribution is -2.63. The number of carbonyl (C=O) groups excluding carboxylic acids is 18. The second kappa shape index (κ2) is 57.2. The van der Waals surface area contributed by atoms with Crippen molar-refractivity contribution in [3.63, 3.8) is 0 Å². The Morgan fingerprint density at radius 3 is 1.45 bits per heavy atom. The average molecular weight is 2060 g/mol. The van der Waals surface area contributed by atoms with Gasteiger partial charge in [-0.2, -0.15) is 0 Å². The summed E-state index contributed by atoms with van der Waals surface area (Å²) < 4.78 is 0. The summed E-state index contributed by atoms with van der Waals surface area (Å²) in [5.41, 5.74) is 20.2. The number of aromatic nitrogens is 1. The third kappa shape index (κ3) is 36.9. The first kappa shape index (κ1) is 118. The predicted octanol–water partition coefficient (Wildman–Crippen LogP) is -1.68. The Morgan fingerprint density at radius 2 is 0.932 bits per heavy atom. The van der Waals surface area contributed by atoms with Gasteiger partial charge in [-0.3, -0.25) is 95.9 Å². The molecule has 2 aliphatic rings. The number of fused-ring (bicyclic) bond motifs is 1. The van der Waals surface area contributed by atoms with E-state index in [2.05, 4.69) is 84.7 Å². The summed E-state index contributed by atoms with van der Waals surface area (Å²) >= 11 is 0.451. The summed E-state index contributed by atoms with van der Waals surface area (Å²) in [5.74, 6) is -31.3. The first-order valence-electron chi connectivity index (χ1n) is 48.4. The molecule has 2 fully saturated rings. The zero-order valence-electron chi connectivity index (χ0n) is 83.4. The SMILES string of the molecule is CCC(C)[C@@H]1NC(=O)[C@H](Cc2ccc(-c3ccccc3)cc2)NC(=O)[C@H](C(C)C)NC(=O)[C@H](Cc2c[nH]c3ccccc23)NC(=O)[C@H](CC(=O)O)NC(=O)[C@H](Cc2ccc(O)cc2)NC(=O)[C@H](CC(N)=O)NC(=O)CSC[C@@H](C(=O)N[C@@H](CC(=O)O)C(=O)N[C@@H](CCN)C(=O)O)NC(=O)[C@H](C(C)O)NC(=O)[C@H](C(C)C)NC(=O)[C@H](CC2CCCCC2)NC(=O)[C@H](CC(N)=O)NC(=O)[C@@H](CC(C)C)NC(=O)[C@H](C)N(C)C1=O. The maximum absolute atomic E-state index is 15.5. The number of H-pyrrole nitrogens is 1. The van der Waals surface area contributed by atoms with Crippen LogP contribution >= 0.6 is 11.8 Å². The van der Waals surface area contributed by atoms with Crippen molar-refractivity contribution in [3.8, 4) is 16.9 Å². The van der Waals surface area contributed by atoms with Crippen LogP contribution in [0, 0.1) is 29.6 Å². The van der Waals surface area contributed by atoms with Crippen LogP contribution in [-0.4, -0.2) is 288 Å². The number of hydrogen-bond donors (Lipinski definition) is 24. The quantitative estimate of drug-likeness (QED) is 0.0236. The molecular formula is C99H138N20O26S. The summed E-state index contributed by atoms with van der Waals surface area (Å²) in [4.78, 5) is 306. The van der Waals surface area contributed by atoms with Crippen LogP contribution in [0.5, 0.6) is 5.75 Å². The molecule has 5 aromatic rings. The first-order chi connectivity index (χ1) is 68.9. The maximum atomic E-state index is 15.5. The van der Waals surface area contributed by atoms with Crippen molar-refractivity contribution in [2.45, 2.75) is 275 Å². The van der Waals surface area contributed by atoms with Gasteiger partial charge in [0.1, 0.15) is 102 Å². The zero-order chi connectivity index (χ0) is 108. The van der Waals surface area contributed by atoms with Crippen LogP contribution in [0.25, 0.3) is 22.0 Å². The predicted molar refractivity (Wildman–Crippen MR) is 533 cm³/mol. The number of carboxylic acid groups (broad SMARTS) is 3. The molecule has 146 heavy (non-hydrogen) atoms. The van der Waals surface area contributed by atoms with Crippen molar-refractivity contribution in [1.29, 1.82) is 0 Å². The van der Waals surface area contributed by atoms with E-state index in [9.17, 15) is 92.7 Å². The highest BCUT2D eigenvalue weighted by atomic mass is 32.2. The van der Waals surface area contributed by atoms with Gasteiger partial charge >= 0.3 is 17.9 Å². The third-order valence-electron chi connectivity index (χ3n) is 25.1. The minimum absolute atomic E-state index is 0.103. The van der Waals surface area contributed by atoms with Gasteiger partial charge < -0.3 is 132 Å². The normalized spacial score (nSPS) is 23.8. The molecule has 4 aromatic carbocycles. The zero-order valence-corrected chi connectivity index (χ0v) is 84.2. The van der Waals surface area contributed by atoms with Gasteiger partial charge in [-0.05, 0) is 115 Å². The lowest BCUT2D eigenvalue weighted by molar-refractivity contribution is -0.144. The number of thioether (sulfide) groups is 1. The van der Waals surface area contributed by atoms with Gasteiger partial charge in [0.15, 0.2) is 0 Å². The van der Waals surface area contributed by atoms with Crippen LogP contribution in [0.2, 0.25) is 0 Å². The van der Waals surface area contributed by atoms with Crippen LogP contribution in [0.3, 0.4) is 0 Å². The molecule has 1 aromatic heterocycles. The number of amides is 18. The maximum Gasteiger partial charge on any atom is 0.326 e. The van der Waals surface area contributed by atoms with Gasteiger partial charge in [-0.25, -0.2) is 4.79 Å². The highest BCUT2D eigenvalue weighted by molar-refractivity contribution is 8.00. The minimum Gasteiger partial charge on any atom is -0.508 e. The number of aliphatic carboxylic acids is 3. The number of primary amides is 2. The highest BCUT2D eigenvalue weighted by Crippen LogP contribution is 2.29. The Hall–Kier alpha value is -14.6. The molecule has 0 spiro atoms. The summed E-state index contributed by atoms with van der Waals surface area (Å²) in [6.45, 7) is 14.8. The number of aliphatic hydroxyl groups excluding tert-OH is 1. The lowest BCUT2D eigenvalue weighted by atomic mass is 9.84. The monoisotopic (exact) mass is 2050 g/mol. The van der Waals surface area contributed by atoms with E-state index in [0.717, 1.165) is 29.4 Å². The second-order valence-electron chi connectivity index (χ2n) is 38.0. The molecule has 2 unspecified atom stereocenters. The molecule has 796 valence electrons. The van der Waals surface area contributed by atoms with Gasteiger partial charge in [0, 0.05) is 49.2 Å². The van der Waals surface area contributed by atoms with Gasteiger partial charge in [-0.15, -0.1) is 11.8 Å². The molecular weight excluding hydrogens is 1920 g/mol. The molecule has 1 saturated carbocycles. The van der Waals surface area contributed by atoms with E-state index < -0.39 is 307 Å². The number of hydrogen-bond acceptors (Lipinski definition) is 25. The smallest absolute Gasteiger partial charge is 0.326 e. The van der Waals surface area contributed by atoms with E-state index in [4.69, 9.17) is 17.2 Å². The van der Waals surface area contributed by atoms with Crippen molar-refractivity contribution >= 4 is 147 Å². The van der Waals surface area contributed by atoms with E-state index in [1.165, 1.54) is 58.3 Å². The Morgan fingerprint density at radius 1 is 0.479 bits per heavy atom. The van der Waals surface area contributed by atoms with Gasteiger partial charge in [0.25, 0.3) is 0 Å². The number of benzene rings is 4. The van der Waals surface area contributed by atoms with Gasteiger partial charge in [0.05, 0.1) is 37.5 Å². The van der Waals surface area contributed by atoms with Crippen LogP contribution in [0.1, 0.15) is 169 Å². The third-order valence-corrected chi connectivity index (χ3v) is 26.2. The Bertz CT molecular complexity index is 5450. The first-order valence-corrected chi connectivity index (χ1v) is 49.6. The number of nitrogens with zero attached hydrogens (tertiary/aromatic N) is 1. The van der Waals surface area contributed by atoms with Crippen molar-refractivity contribution in [2.75, 3.05) is 25.1 Å². The molecule has 46 nitrogen and oxygen atoms in total. The largest absolute Gasteiger partial charge is 0.508 e. The minimum atomic E-state index is -2.18. The molecule has 1 aliphatic carbocycles. The Labute approximate surface area is 848 Å². The number of carboxylic acids is 3. The number of para-hydroxylation sites is 1. The molecule has 18 atom stereocenters. The van der Waals surface area contributed by atoms with E-state index in [1.807, 2.05) is 30.3 Å². The Kier molecular flexibility index (Phi) is 46.3. The Balaban J connectivity index is 1.35. The van der Waals surface area contributed by atoms with Gasteiger partial charge in [0.2, 0.25) is 106 Å². The molecule has 0 bridgehead atoms. The average Bonchev–Trinajstić information content (AvgIpc) is 1.68. The van der Waals surface area contributed by atoms with Crippen LogP contribution in [0.4, 0.5) is 0 Å². The summed E-state index contributed by atoms with van der Waals surface area (Å²) in [5, 5.41) is 89.7. The van der Waals surface area contributed by atoms with Crippen molar-refractivity contribution in [1.82, 2.24) is 89.6 Å². The second-order valence-corrected chi connectivity index (χ2v) is 39.0. The van der Waals surface area contributed by atoms with E-state index in [-0.39, 0.29) is 49.5 Å². The van der Waals surface area contributed by atoms with Crippen molar-refractivity contribution in [3.05, 3.63) is 126 Å². The number of phenolic OH excluding ortho intramolecular Hbond substituents is 1. The fourth-order valence-electron chi connectivity index (χ4n) is 16.6. The fourth-order valence-corrected chi connectivity index (χ4v) is 17.4. The molecule has 1 aliphatic heterocycles. The number of phenols is 1. The van der Waals surface area contributed by atoms with Crippen LogP contribution < -0.4 is 97.0 Å². The summed E-state index contributed by atoms with van der Waals surface area (Å²) in [7, 11) is 1.27. The van der Waals surface area contributed by atoms with E-state index in [0.29, 0.717) is 59.5 Å². The van der Waals surface area contributed by atoms with Gasteiger partial charge in [-0.1, -0.05) is 179 Å². The van der Waals surface area contributed by atoms with Crippen LogP contribution in [0.15, 0.2) is 109 Å². The van der Waals surface area contributed by atoms with Crippen LogP contribution in [-0.2, 0) is 120 Å². The number of likely N-dealkylation sites (N-methyl/N-ethyl adjacent to an activating group) is 1. The number of aromatic amines is 1. The van der Waals surface area contributed by atoms with E-state index >= 15 is 33.6 Å². The molecule has 2 heterocycles. The molecule has 47 heteroatoms. The molecule has 18 amide bonds. The molecule has 7 rings (SSSR count). The number of nitrogens with two attached hydrogens (primary N) is 3.